The van der Waals surface area contributed by atoms with Gasteiger partial charge in [0.2, 0.25) is 5.91 Å². The van der Waals surface area contributed by atoms with Crippen LogP contribution in [0.4, 0.5) is 15.8 Å². The first-order chi connectivity index (χ1) is 7.99. The van der Waals surface area contributed by atoms with Gasteiger partial charge < -0.3 is 11.1 Å². The van der Waals surface area contributed by atoms with Crippen molar-refractivity contribution in [1.29, 1.82) is 0 Å². The van der Waals surface area contributed by atoms with Crippen LogP contribution >= 0.6 is 0 Å². The zero-order chi connectivity index (χ0) is 12.8. The van der Waals surface area contributed by atoms with Crippen molar-refractivity contribution >= 4 is 28.1 Å². The third-order valence-corrected chi connectivity index (χ3v) is 2.98. The second-order valence-electron chi connectivity index (χ2n) is 3.67. The van der Waals surface area contributed by atoms with E-state index < -0.39 is 16.6 Å². The molecule has 0 fully saturated rings. The minimum Gasteiger partial charge on any atom is -0.396 e. The fraction of sp³-hybridized carbons (Fsp3) is 0.364. The molecule has 0 bridgehead atoms. The second kappa shape index (κ2) is 6.34. The standard InChI is InChI=1S/C11H15FN2O2S/c1-17(16)6-2-3-11(15)14-8-4-5-9(12)10(13)7-8/h4-5,7H,2-3,6,13H2,1H3,(H,14,15). The highest BCUT2D eigenvalue weighted by atomic mass is 32.2. The lowest BCUT2D eigenvalue weighted by Crippen LogP contribution is -2.12. The van der Waals surface area contributed by atoms with Crippen molar-refractivity contribution in [3.63, 3.8) is 0 Å². The van der Waals surface area contributed by atoms with Crippen molar-refractivity contribution in [3.8, 4) is 0 Å². The van der Waals surface area contributed by atoms with Gasteiger partial charge in [-0.25, -0.2) is 4.39 Å². The van der Waals surface area contributed by atoms with Crippen LogP contribution in [0.25, 0.3) is 0 Å². The van der Waals surface area contributed by atoms with E-state index in [1.807, 2.05) is 0 Å². The normalized spacial score (nSPS) is 12.1. The zero-order valence-electron chi connectivity index (χ0n) is 9.53. The molecule has 3 N–H and O–H groups in total. The number of carbonyl (C=O) groups excluding carboxylic acids is 1. The topological polar surface area (TPSA) is 72.2 Å². The highest BCUT2D eigenvalue weighted by Crippen LogP contribution is 2.16. The lowest BCUT2D eigenvalue weighted by atomic mass is 10.2. The number of benzene rings is 1. The van der Waals surface area contributed by atoms with E-state index in [-0.39, 0.29) is 18.0 Å². The smallest absolute Gasteiger partial charge is 0.224 e. The van der Waals surface area contributed by atoms with Gasteiger partial charge in [-0.1, -0.05) is 0 Å². The molecule has 1 aromatic rings. The summed E-state index contributed by atoms with van der Waals surface area (Å²) in [4.78, 5) is 11.4. The van der Waals surface area contributed by atoms with E-state index >= 15 is 0 Å². The lowest BCUT2D eigenvalue weighted by Gasteiger charge is -2.06. The summed E-state index contributed by atoms with van der Waals surface area (Å²) in [6, 6.07) is 4.01. The SMILES string of the molecule is CS(=O)CCCC(=O)Nc1ccc(F)c(N)c1. The van der Waals surface area contributed by atoms with Crippen LogP contribution in [0.1, 0.15) is 12.8 Å². The molecule has 0 radical (unpaired) electrons. The molecule has 0 spiro atoms. The number of anilines is 2. The Bertz CT molecular complexity index is 437. The van der Waals surface area contributed by atoms with Gasteiger partial charge in [0.25, 0.3) is 0 Å². The molecule has 0 aromatic heterocycles. The summed E-state index contributed by atoms with van der Waals surface area (Å²) in [5.41, 5.74) is 5.83. The quantitative estimate of drug-likeness (QED) is 0.786. The fourth-order valence-electron chi connectivity index (χ4n) is 1.28. The summed E-state index contributed by atoms with van der Waals surface area (Å²) in [5.74, 6) is -0.204. The molecular formula is C11H15FN2O2S. The van der Waals surface area contributed by atoms with E-state index in [4.69, 9.17) is 5.73 Å². The predicted molar refractivity (Wildman–Crippen MR) is 67.6 cm³/mol. The van der Waals surface area contributed by atoms with Crippen LogP contribution in [-0.2, 0) is 15.6 Å². The summed E-state index contributed by atoms with van der Waals surface area (Å²) in [6.07, 6.45) is 2.45. The number of hydrogen-bond donors (Lipinski definition) is 2. The molecule has 0 saturated heterocycles. The number of hydrogen-bond acceptors (Lipinski definition) is 3. The van der Waals surface area contributed by atoms with Crippen molar-refractivity contribution in [2.75, 3.05) is 23.1 Å². The van der Waals surface area contributed by atoms with Crippen LogP contribution < -0.4 is 11.1 Å². The third kappa shape index (κ3) is 4.95. The van der Waals surface area contributed by atoms with Gasteiger partial charge in [0.15, 0.2) is 0 Å². The van der Waals surface area contributed by atoms with Crippen LogP contribution in [0.3, 0.4) is 0 Å². The van der Waals surface area contributed by atoms with Crippen molar-refractivity contribution < 1.29 is 13.4 Å². The molecule has 0 aliphatic carbocycles. The molecular weight excluding hydrogens is 243 g/mol. The van der Waals surface area contributed by atoms with E-state index in [0.717, 1.165) is 0 Å². The number of amides is 1. The van der Waals surface area contributed by atoms with Gasteiger partial charge in [-0.3, -0.25) is 9.00 Å². The molecule has 1 unspecified atom stereocenters. The maximum Gasteiger partial charge on any atom is 0.224 e. The molecule has 17 heavy (non-hydrogen) atoms. The van der Waals surface area contributed by atoms with Gasteiger partial charge in [0.05, 0.1) is 5.69 Å². The average molecular weight is 258 g/mol. The largest absolute Gasteiger partial charge is 0.396 e. The Kier molecular flexibility index (Phi) is 5.09. The van der Waals surface area contributed by atoms with Gasteiger partial charge >= 0.3 is 0 Å². The third-order valence-electron chi connectivity index (χ3n) is 2.12. The van der Waals surface area contributed by atoms with Crippen LogP contribution in [0.2, 0.25) is 0 Å². The monoisotopic (exact) mass is 258 g/mol. The Hall–Kier alpha value is -1.43. The van der Waals surface area contributed by atoms with Crippen molar-refractivity contribution in [2.24, 2.45) is 0 Å². The van der Waals surface area contributed by atoms with Crippen molar-refractivity contribution in [1.82, 2.24) is 0 Å². The molecule has 4 nitrogen and oxygen atoms in total. The predicted octanol–water partition coefficient (Wildman–Crippen LogP) is 1.51. The summed E-state index contributed by atoms with van der Waals surface area (Å²) in [5, 5.41) is 2.60. The Morgan fingerprint density at radius 2 is 2.24 bits per heavy atom. The van der Waals surface area contributed by atoms with Crippen LogP contribution in [0, 0.1) is 5.82 Å². The summed E-state index contributed by atoms with van der Waals surface area (Å²) < 4.78 is 23.6. The number of nitrogens with two attached hydrogens (primary N) is 1. The van der Waals surface area contributed by atoms with Gasteiger partial charge in [-0.2, -0.15) is 0 Å². The lowest BCUT2D eigenvalue weighted by molar-refractivity contribution is -0.116. The molecule has 1 aromatic carbocycles. The highest BCUT2D eigenvalue weighted by Gasteiger charge is 2.05. The minimum atomic E-state index is -0.885. The van der Waals surface area contributed by atoms with Crippen molar-refractivity contribution in [2.45, 2.75) is 12.8 Å². The van der Waals surface area contributed by atoms with Crippen LogP contribution in [0.5, 0.6) is 0 Å². The Morgan fingerprint density at radius 1 is 1.53 bits per heavy atom. The van der Waals surface area contributed by atoms with E-state index in [0.29, 0.717) is 17.9 Å². The first-order valence-corrected chi connectivity index (χ1v) is 6.86. The Morgan fingerprint density at radius 3 is 2.82 bits per heavy atom. The van der Waals surface area contributed by atoms with Gasteiger partial charge in [0, 0.05) is 34.9 Å². The number of rotatable bonds is 5. The molecule has 1 amide bonds. The molecule has 1 atom stereocenters. The van der Waals surface area contributed by atoms with E-state index in [9.17, 15) is 13.4 Å². The molecule has 0 heterocycles. The maximum absolute atomic E-state index is 12.9. The van der Waals surface area contributed by atoms with Crippen LogP contribution in [0.15, 0.2) is 18.2 Å². The molecule has 94 valence electrons. The number of halogens is 1. The summed E-state index contributed by atoms with van der Waals surface area (Å²) >= 11 is 0. The number of nitrogen functional groups attached to an aromatic ring is 1. The summed E-state index contributed by atoms with van der Waals surface area (Å²) in [7, 11) is -0.885. The maximum atomic E-state index is 12.9. The first kappa shape index (κ1) is 13.6. The zero-order valence-corrected chi connectivity index (χ0v) is 10.3. The number of nitrogens with one attached hydrogen (secondary N) is 1. The fourth-order valence-corrected chi connectivity index (χ4v) is 1.83. The number of carbonyl (C=O) groups is 1. The molecule has 0 aliphatic rings. The molecule has 1 rings (SSSR count). The van der Waals surface area contributed by atoms with Gasteiger partial charge in [-0.15, -0.1) is 0 Å². The molecule has 0 aliphatic heterocycles. The summed E-state index contributed by atoms with van der Waals surface area (Å²) in [6.45, 7) is 0. The average Bonchev–Trinajstić information content (AvgIpc) is 2.23. The second-order valence-corrected chi connectivity index (χ2v) is 5.22. The van der Waals surface area contributed by atoms with E-state index in [1.165, 1.54) is 18.2 Å². The van der Waals surface area contributed by atoms with E-state index in [2.05, 4.69) is 5.32 Å². The highest BCUT2D eigenvalue weighted by molar-refractivity contribution is 7.84. The molecule has 0 saturated carbocycles. The molecule has 6 heteroatoms. The van der Waals surface area contributed by atoms with Crippen LogP contribution in [-0.4, -0.2) is 22.1 Å². The van der Waals surface area contributed by atoms with E-state index in [1.54, 1.807) is 6.26 Å². The first-order valence-electron chi connectivity index (χ1n) is 5.14. The van der Waals surface area contributed by atoms with Gasteiger partial charge in [0.1, 0.15) is 5.82 Å². The Balaban J connectivity index is 2.45. The van der Waals surface area contributed by atoms with Gasteiger partial charge in [-0.05, 0) is 24.6 Å². The van der Waals surface area contributed by atoms with Crippen molar-refractivity contribution in [3.05, 3.63) is 24.0 Å². The minimum absolute atomic E-state index is 0.00235. The Labute approximate surface area is 102 Å².